The SMILES string of the molecule is [C-]#[N+]C(C#N)=C1C=C(C=Cc2cc3c4c(c2)CCCN4CCC3)OC2(C1)Cc1ccccc1C2. The molecule has 34 heavy (non-hydrogen) atoms. The molecule has 0 bridgehead atoms. The molecule has 1 spiro atoms. The molecule has 3 heterocycles. The van der Waals surface area contributed by atoms with Gasteiger partial charge in [-0.05, 0) is 83.4 Å². The number of anilines is 1. The highest BCUT2D eigenvalue weighted by molar-refractivity contribution is 5.68. The molecule has 0 amide bonds. The molecule has 2 aromatic rings. The first-order valence-electron chi connectivity index (χ1n) is 12.2. The summed E-state index contributed by atoms with van der Waals surface area (Å²) in [5.74, 6) is 0.735. The highest BCUT2D eigenvalue weighted by atomic mass is 16.5. The first-order valence-corrected chi connectivity index (χ1v) is 12.2. The van der Waals surface area contributed by atoms with Crippen LogP contribution in [0.5, 0.6) is 0 Å². The van der Waals surface area contributed by atoms with E-state index in [2.05, 4.69) is 58.3 Å². The van der Waals surface area contributed by atoms with Crippen molar-refractivity contribution in [2.24, 2.45) is 0 Å². The summed E-state index contributed by atoms with van der Waals surface area (Å²) >= 11 is 0. The van der Waals surface area contributed by atoms with Gasteiger partial charge in [0.05, 0.1) is 12.6 Å². The van der Waals surface area contributed by atoms with Gasteiger partial charge in [-0.15, -0.1) is 0 Å². The molecule has 0 unspecified atom stereocenters. The highest BCUT2D eigenvalue weighted by Gasteiger charge is 2.42. The number of allylic oxidation sites excluding steroid dienone is 3. The van der Waals surface area contributed by atoms with Crippen LogP contribution in [0.15, 0.2) is 65.6 Å². The van der Waals surface area contributed by atoms with Gasteiger partial charge in [0, 0.05) is 38.0 Å². The molecule has 0 radical (unpaired) electrons. The number of nitrogens with zero attached hydrogens (tertiary/aromatic N) is 3. The number of hydrogen-bond donors (Lipinski definition) is 0. The maximum Gasteiger partial charge on any atom is 0.265 e. The summed E-state index contributed by atoms with van der Waals surface area (Å²) in [6.07, 6.45) is 13.0. The quantitative estimate of drug-likeness (QED) is 0.424. The fraction of sp³-hybridized carbons (Fsp3) is 0.333. The lowest BCUT2D eigenvalue weighted by Crippen LogP contribution is -2.36. The molecular formula is C30H27N3O. The maximum absolute atomic E-state index is 9.56. The number of benzene rings is 2. The average Bonchev–Trinajstić information content (AvgIpc) is 3.20. The molecule has 0 saturated carbocycles. The zero-order valence-corrected chi connectivity index (χ0v) is 19.3. The van der Waals surface area contributed by atoms with Crippen molar-refractivity contribution in [3.8, 4) is 6.07 Å². The summed E-state index contributed by atoms with van der Waals surface area (Å²) in [5.41, 5.74) is 8.73. The summed E-state index contributed by atoms with van der Waals surface area (Å²) in [7, 11) is 0. The lowest BCUT2D eigenvalue weighted by molar-refractivity contribution is 0.0108. The molecule has 0 fully saturated rings. The summed E-state index contributed by atoms with van der Waals surface area (Å²) < 4.78 is 6.63. The van der Waals surface area contributed by atoms with Crippen LogP contribution >= 0.6 is 0 Å². The van der Waals surface area contributed by atoms with Gasteiger partial charge in [0.15, 0.2) is 0 Å². The van der Waals surface area contributed by atoms with Crippen LogP contribution in [0.1, 0.15) is 47.1 Å². The van der Waals surface area contributed by atoms with Gasteiger partial charge < -0.3 is 9.64 Å². The van der Waals surface area contributed by atoms with E-state index in [0.29, 0.717) is 6.42 Å². The zero-order chi connectivity index (χ0) is 23.1. The van der Waals surface area contributed by atoms with Gasteiger partial charge in [-0.1, -0.05) is 30.3 Å². The number of aryl methyl sites for hydroxylation is 2. The van der Waals surface area contributed by atoms with E-state index < -0.39 is 5.60 Å². The van der Waals surface area contributed by atoms with Gasteiger partial charge in [0.25, 0.3) is 5.70 Å². The van der Waals surface area contributed by atoms with Gasteiger partial charge in [-0.2, -0.15) is 0 Å². The Morgan fingerprint density at radius 2 is 1.68 bits per heavy atom. The van der Waals surface area contributed by atoms with Crippen LogP contribution in [0.2, 0.25) is 0 Å². The molecule has 6 rings (SSSR count). The van der Waals surface area contributed by atoms with Gasteiger partial charge in [0.2, 0.25) is 0 Å². The van der Waals surface area contributed by atoms with Crippen molar-refractivity contribution < 1.29 is 4.74 Å². The Balaban J connectivity index is 1.35. The van der Waals surface area contributed by atoms with Crippen LogP contribution in [0.4, 0.5) is 5.69 Å². The Morgan fingerprint density at radius 3 is 2.29 bits per heavy atom. The van der Waals surface area contributed by atoms with Crippen molar-refractivity contribution >= 4 is 11.8 Å². The Morgan fingerprint density at radius 1 is 1.00 bits per heavy atom. The summed E-state index contributed by atoms with van der Waals surface area (Å²) in [6.45, 7) is 9.85. The fourth-order valence-electron chi connectivity index (χ4n) is 6.25. The lowest BCUT2D eigenvalue weighted by Gasteiger charge is -2.37. The molecule has 168 valence electrons. The minimum atomic E-state index is -0.428. The van der Waals surface area contributed by atoms with Crippen molar-refractivity contribution in [1.82, 2.24) is 0 Å². The predicted molar refractivity (Wildman–Crippen MR) is 134 cm³/mol. The zero-order valence-electron chi connectivity index (χ0n) is 19.3. The molecule has 4 aliphatic rings. The van der Waals surface area contributed by atoms with Crippen molar-refractivity contribution in [2.45, 2.75) is 50.5 Å². The van der Waals surface area contributed by atoms with Crippen molar-refractivity contribution in [3.05, 3.63) is 105 Å². The van der Waals surface area contributed by atoms with Crippen LogP contribution < -0.4 is 4.90 Å². The number of nitriles is 1. The van der Waals surface area contributed by atoms with Gasteiger partial charge in [-0.3, -0.25) is 0 Å². The second-order valence-corrected chi connectivity index (χ2v) is 9.94. The van der Waals surface area contributed by atoms with Gasteiger partial charge in [0.1, 0.15) is 11.4 Å². The van der Waals surface area contributed by atoms with E-state index in [-0.39, 0.29) is 5.70 Å². The van der Waals surface area contributed by atoms with Crippen LogP contribution in [-0.2, 0) is 30.4 Å². The van der Waals surface area contributed by atoms with Crippen LogP contribution in [0, 0.1) is 17.9 Å². The number of hydrogen-bond acceptors (Lipinski definition) is 3. The van der Waals surface area contributed by atoms with E-state index in [1.807, 2.05) is 12.2 Å². The third-order valence-corrected chi connectivity index (χ3v) is 7.62. The van der Waals surface area contributed by atoms with E-state index in [4.69, 9.17) is 11.3 Å². The average molecular weight is 446 g/mol. The van der Waals surface area contributed by atoms with Gasteiger partial charge in [-0.25, -0.2) is 10.1 Å². The smallest absolute Gasteiger partial charge is 0.265 e. The Labute approximate surface area is 201 Å². The molecule has 1 aliphatic carbocycles. The third kappa shape index (κ3) is 3.61. The Kier molecular flexibility index (Phi) is 5.04. The highest BCUT2D eigenvalue weighted by Crippen LogP contribution is 2.43. The predicted octanol–water partition coefficient (Wildman–Crippen LogP) is 5.94. The van der Waals surface area contributed by atoms with Crippen molar-refractivity contribution in [3.63, 3.8) is 0 Å². The van der Waals surface area contributed by atoms with Crippen LogP contribution in [0.25, 0.3) is 10.9 Å². The number of ether oxygens (including phenoxy) is 1. The molecule has 0 aromatic heterocycles. The van der Waals surface area contributed by atoms with Crippen LogP contribution in [0.3, 0.4) is 0 Å². The first kappa shape index (κ1) is 20.8. The topological polar surface area (TPSA) is 40.6 Å². The van der Waals surface area contributed by atoms with Crippen molar-refractivity contribution in [2.75, 3.05) is 18.0 Å². The van der Waals surface area contributed by atoms with E-state index in [0.717, 1.165) is 37.0 Å². The molecule has 0 N–H and O–H groups in total. The molecule has 0 saturated heterocycles. The second-order valence-electron chi connectivity index (χ2n) is 9.94. The Hall–Kier alpha value is -3.76. The molecule has 2 aromatic carbocycles. The van der Waals surface area contributed by atoms with E-state index >= 15 is 0 Å². The van der Waals surface area contributed by atoms with Crippen molar-refractivity contribution in [1.29, 1.82) is 5.26 Å². The summed E-state index contributed by atoms with van der Waals surface area (Å²) in [6, 6.07) is 15.2. The molecule has 3 aliphatic heterocycles. The largest absolute Gasteiger partial charge is 0.486 e. The fourth-order valence-corrected chi connectivity index (χ4v) is 6.25. The molecule has 4 heteroatoms. The molecule has 4 nitrogen and oxygen atoms in total. The molecule has 0 atom stereocenters. The number of rotatable bonds is 2. The number of fused-ring (bicyclic) bond motifs is 1. The van der Waals surface area contributed by atoms with Gasteiger partial charge >= 0.3 is 0 Å². The summed E-state index contributed by atoms with van der Waals surface area (Å²) in [4.78, 5) is 6.07. The standard InChI is InChI=1S/C30H27N3O/c1-32-28(20-31)26-16-27(34-30(19-26)17-24-6-2-3-7-25(24)18-30)11-10-21-14-22-8-4-12-33-13-5-9-23(15-21)29(22)33/h2-3,6-7,10-11,14-16H,4-5,8-9,12-13,17-19H2. The minimum Gasteiger partial charge on any atom is -0.486 e. The maximum atomic E-state index is 9.56. The summed E-state index contributed by atoms with van der Waals surface area (Å²) in [5, 5.41) is 9.56. The van der Waals surface area contributed by atoms with E-state index in [1.54, 1.807) is 0 Å². The van der Waals surface area contributed by atoms with Crippen LogP contribution in [-0.4, -0.2) is 18.7 Å². The second kappa shape index (κ2) is 8.23. The third-order valence-electron chi connectivity index (χ3n) is 7.62. The van der Waals surface area contributed by atoms with E-state index in [9.17, 15) is 5.26 Å². The molecular weight excluding hydrogens is 418 g/mol. The van der Waals surface area contributed by atoms with E-state index in [1.165, 1.54) is 59.4 Å². The normalized spacial score (nSPS) is 21.2. The first-order chi connectivity index (χ1) is 16.7. The lowest BCUT2D eigenvalue weighted by atomic mass is 9.87. The Bertz CT molecular complexity index is 1280. The monoisotopic (exact) mass is 445 g/mol. The minimum absolute atomic E-state index is 0.169.